The molecule has 1 amide bonds. The van der Waals surface area contributed by atoms with Crippen molar-refractivity contribution in [1.82, 2.24) is 0 Å². The summed E-state index contributed by atoms with van der Waals surface area (Å²) in [6, 6.07) is 13.2. The van der Waals surface area contributed by atoms with Gasteiger partial charge in [0.1, 0.15) is 0 Å². The molecule has 0 aliphatic carbocycles. The average molecular weight is 332 g/mol. The molecule has 0 atom stereocenters. The summed E-state index contributed by atoms with van der Waals surface area (Å²) in [4.78, 5) is 12.0. The Hall–Kier alpha value is -1.77. The standard InChI is InChI=1S/C18H15Cl2NO/c19-12-9-10-17-15(11-12)13(5-2-4-8-18(22)21-17)14-6-1-3-7-16(14)20/h1,3,5-7,9-11H,2,4,8H2,(H,21,22)/b13-5-. The van der Waals surface area contributed by atoms with E-state index in [1.165, 1.54) is 0 Å². The van der Waals surface area contributed by atoms with Crippen LogP contribution >= 0.6 is 23.2 Å². The van der Waals surface area contributed by atoms with Gasteiger partial charge in [-0.3, -0.25) is 4.79 Å². The first-order valence-electron chi connectivity index (χ1n) is 7.20. The molecule has 2 nitrogen and oxygen atoms in total. The van der Waals surface area contributed by atoms with Crippen molar-refractivity contribution in [3.8, 4) is 0 Å². The lowest BCUT2D eigenvalue weighted by atomic mass is 9.95. The van der Waals surface area contributed by atoms with Crippen molar-refractivity contribution in [3.05, 3.63) is 69.7 Å². The zero-order valence-electron chi connectivity index (χ0n) is 11.9. The summed E-state index contributed by atoms with van der Waals surface area (Å²) in [6.45, 7) is 0. The Labute approximate surface area is 139 Å². The molecule has 1 aliphatic rings. The van der Waals surface area contributed by atoms with Gasteiger partial charge < -0.3 is 5.32 Å². The van der Waals surface area contributed by atoms with E-state index in [0.717, 1.165) is 35.2 Å². The third kappa shape index (κ3) is 3.18. The van der Waals surface area contributed by atoms with E-state index in [1.807, 2.05) is 36.4 Å². The number of hydrogen-bond acceptors (Lipinski definition) is 1. The van der Waals surface area contributed by atoms with Crippen LogP contribution in [0.3, 0.4) is 0 Å². The number of benzene rings is 2. The number of carbonyl (C=O) groups excluding carboxylic acids is 1. The van der Waals surface area contributed by atoms with Crippen LogP contribution in [0.5, 0.6) is 0 Å². The molecule has 22 heavy (non-hydrogen) atoms. The summed E-state index contributed by atoms with van der Waals surface area (Å²) in [5.41, 5.74) is 3.62. The van der Waals surface area contributed by atoms with E-state index in [1.54, 1.807) is 6.07 Å². The van der Waals surface area contributed by atoms with Gasteiger partial charge in [0.05, 0.1) is 0 Å². The van der Waals surface area contributed by atoms with Gasteiger partial charge in [0, 0.05) is 33.3 Å². The molecule has 0 spiro atoms. The highest BCUT2D eigenvalue weighted by atomic mass is 35.5. The first kappa shape index (κ1) is 15.1. The van der Waals surface area contributed by atoms with Crippen molar-refractivity contribution in [2.75, 3.05) is 5.32 Å². The zero-order valence-corrected chi connectivity index (χ0v) is 13.4. The van der Waals surface area contributed by atoms with Crippen LogP contribution in [0, 0.1) is 0 Å². The van der Waals surface area contributed by atoms with E-state index in [2.05, 4.69) is 11.4 Å². The Kier molecular flexibility index (Phi) is 4.51. The van der Waals surface area contributed by atoms with Crippen LogP contribution in [0.2, 0.25) is 10.0 Å². The van der Waals surface area contributed by atoms with Gasteiger partial charge in [0.25, 0.3) is 0 Å². The number of nitrogens with one attached hydrogen (secondary N) is 1. The molecular weight excluding hydrogens is 317 g/mol. The number of hydrogen-bond donors (Lipinski definition) is 1. The summed E-state index contributed by atoms with van der Waals surface area (Å²) in [6.07, 6.45) is 4.27. The van der Waals surface area contributed by atoms with Crippen LogP contribution < -0.4 is 5.32 Å². The van der Waals surface area contributed by atoms with Crippen LogP contribution in [0.1, 0.15) is 30.4 Å². The normalized spacial score (nSPS) is 17.4. The van der Waals surface area contributed by atoms with Gasteiger partial charge in [-0.05, 0) is 42.7 Å². The summed E-state index contributed by atoms with van der Waals surface area (Å²) in [7, 11) is 0. The number of amides is 1. The van der Waals surface area contributed by atoms with Gasteiger partial charge in [-0.25, -0.2) is 0 Å². The second-order valence-electron chi connectivity index (χ2n) is 5.23. The molecule has 112 valence electrons. The minimum Gasteiger partial charge on any atom is -0.326 e. The Balaban J connectivity index is 2.20. The number of allylic oxidation sites excluding steroid dienone is 1. The van der Waals surface area contributed by atoms with Crippen LogP contribution in [0.15, 0.2) is 48.5 Å². The fourth-order valence-corrected chi connectivity index (χ4v) is 3.02. The molecule has 1 aliphatic heterocycles. The number of rotatable bonds is 1. The Morgan fingerprint density at radius 3 is 2.64 bits per heavy atom. The lowest BCUT2D eigenvalue weighted by Crippen LogP contribution is -2.11. The van der Waals surface area contributed by atoms with Crippen molar-refractivity contribution in [2.24, 2.45) is 0 Å². The summed E-state index contributed by atoms with van der Waals surface area (Å²) in [5, 5.41) is 4.28. The third-order valence-electron chi connectivity index (χ3n) is 3.67. The monoisotopic (exact) mass is 331 g/mol. The molecule has 0 saturated carbocycles. The fourth-order valence-electron chi connectivity index (χ4n) is 2.61. The van der Waals surface area contributed by atoms with Crippen LogP contribution in [-0.4, -0.2) is 5.91 Å². The van der Waals surface area contributed by atoms with Crippen molar-refractivity contribution < 1.29 is 4.79 Å². The number of anilines is 1. The van der Waals surface area contributed by atoms with Crippen LogP contribution in [-0.2, 0) is 4.79 Å². The van der Waals surface area contributed by atoms with Crippen LogP contribution in [0.25, 0.3) is 5.57 Å². The topological polar surface area (TPSA) is 29.1 Å². The predicted molar refractivity (Wildman–Crippen MR) is 92.5 cm³/mol. The molecule has 3 rings (SSSR count). The van der Waals surface area contributed by atoms with E-state index in [-0.39, 0.29) is 5.91 Å². The zero-order chi connectivity index (χ0) is 15.5. The van der Waals surface area contributed by atoms with Gasteiger partial charge in [-0.15, -0.1) is 0 Å². The molecule has 1 N–H and O–H groups in total. The Morgan fingerprint density at radius 2 is 1.82 bits per heavy atom. The molecule has 0 radical (unpaired) electrons. The maximum Gasteiger partial charge on any atom is 0.224 e. The van der Waals surface area contributed by atoms with Gasteiger partial charge in [0.15, 0.2) is 0 Å². The van der Waals surface area contributed by atoms with Crippen LogP contribution in [0.4, 0.5) is 5.69 Å². The smallest absolute Gasteiger partial charge is 0.224 e. The second-order valence-corrected chi connectivity index (χ2v) is 6.07. The van der Waals surface area contributed by atoms with Gasteiger partial charge in [-0.1, -0.05) is 47.5 Å². The Bertz CT molecular complexity index is 753. The minimum absolute atomic E-state index is 0.0254. The van der Waals surface area contributed by atoms with Gasteiger partial charge in [0.2, 0.25) is 5.91 Å². The molecule has 2 aromatic rings. The fraction of sp³-hybridized carbons (Fsp3) is 0.167. The minimum atomic E-state index is 0.0254. The van der Waals surface area contributed by atoms with Crippen molar-refractivity contribution >= 4 is 40.4 Å². The lowest BCUT2D eigenvalue weighted by Gasteiger charge is -2.15. The molecule has 2 aromatic carbocycles. The highest BCUT2D eigenvalue weighted by molar-refractivity contribution is 6.33. The predicted octanol–water partition coefficient (Wildman–Crippen LogP) is 5.55. The molecule has 0 saturated heterocycles. The molecule has 0 aromatic heterocycles. The van der Waals surface area contributed by atoms with E-state index in [0.29, 0.717) is 16.5 Å². The lowest BCUT2D eigenvalue weighted by molar-refractivity contribution is -0.116. The van der Waals surface area contributed by atoms with E-state index in [4.69, 9.17) is 23.2 Å². The number of fused-ring (bicyclic) bond motifs is 1. The largest absolute Gasteiger partial charge is 0.326 e. The van der Waals surface area contributed by atoms with Crippen molar-refractivity contribution in [2.45, 2.75) is 19.3 Å². The first-order valence-corrected chi connectivity index (χ1v) is 7.95. The molecule has 4 heteroatoms. The average Bonchev–Trinajstić information content (AvgIpc) is 2.57. The number of halogens is 2. The summed E-state index contributed by atoms with van der Waals surface area (Å²) in [5.74, 6) is 0.0254. The van der Waals surface area contributed by atoms with Crippen molar-refractivity contribution in [1.29, 1.82) is 0 Å². The summed E-state index contributed by atoms with van der Waals surface area (Å²) >= 11 is 12.5. The third-order valence-corrected chi connectivity index (χ3v) is 4.23. The van der Waals surface area contributed by atoms with Crippen molar-refractivity contribution in [3.63, 3.8) is 0 Å². The maximum absolute atomic E-state index is 12.0. The highest BCUT2D eigenvalue weighted by Crippen LogP contribution is 2.36. The highest BCUT2D eigenvalue weighted by Gasteiger charge is 2.16. The quantitative estimate of drug-likeness (QED) is 0.729. The Morgan fingerprint density at radius 1 is 1.00 bits per heavy atom. The molecule has 0 bridgehead atoms. The van der Waals surface area contributed by atoms with E-state index < -0.39 is 0 Å². The van der Waals surface area contributed by atoms with E-state index in [9.17, 15) is 4.79 Å². The maximum atomic E-state index is 12.0. The molecular formula is C18H15Cl2NO. The van der Waals surface area contributed by atoms with E-state index >= 15 is 0 Å². The van der Waals surface area contributed by atoms with Gasteiger partial charge >= 0.3 is 0 Å². The summed E-state index contributed by atoms with van der Waals surface area (Å²) < 4.78 is 0. The molecule has 1 heterocycles. The number of carbonyl (C=O) groups is 1. The second kappa shape index (κ2) is 6.55. The van der Waals surface area contributed by atoms with Gasteiger partial charge in [-0.2, -0.15) is 0 Å². The SMILES string of the molecule is O=C1CCC/C=C(/c2ccccc2Cl)c2cc(Cl)ccc2N1. The first-order chi connectivity index (χ1) is 10.6. The molecule has 0 fully saturated rings. The molecule has 0 unspecified atom stereocenters.